The summed E-state index contributed by atoms with van der Waals surface area (Å²) in [5.74, 6) is 2.24. The smallest absolute Gasteiger partial charge is 0.141 e. The van der Waals surface area contributed by atoms with Gasteiger partial charge in [0.15, 0.2) is 0 Å². The second kappa shape index (κ2) is 9.58. The highest BCUT2D eigenvalue weighted by Crippen LogP contribution is 2.45. The molecule has 0 amide bonds. The molecule has 0 N–H and O–H groups in total. The van der Waals surface area contributed by atoms with E-state index >= 15 is 0 Å². The third-order valence-electron chi connectivity index (χ3n) is 6.83. The summed E-state index contributed by atoms with van der Waals surface area (Å²) >= 11 is 0. The van der Waals surface area contributed by atoms with E-state index in [2.05, 4.69) is 70.5 Å². The second-order valence-electron chi connectivity index (χ2n) is 9.54. The predicted octanol–water partition coefficient (Wildman–Crippen LogP) is 8.42. The Morgan fingerprint density at radius 2 is 1.62 bits per heavy atom. The Morgan fingerprint density at radius 1 is 0.769 bits per heavy atom. The molecule has 1 aliphatic rings. The van der Waals surface area contributed by atoms with Gasteiger partial charge in [0.05, 0.1) is 17.7 Å². The van der Waals surface area contributed by atoms with E-state index in [-0.39, 0.29) is 0 Å². The standard InChI is InChI=1S/C33H26N4O2/c1-35-18-19-36(23-35)25-12-9-13-26(20-25)38-27-21-29(33-28-14-5-6-15-30(28)39-31(33)22-27)37(24-10-3-2-4-11-24)32-16-7-8-17-34-32/h2-22H,23H2,1H3. The Bertz CT molecular complexity index is 1760. The molecule has 7 rings (SSSR count). The number of furan rings is 1. The molecule has 0 fully saturated rings. The van der Waals surface area contributed by atoms with Crippen molar-refractivity contribution in [2.75, 3.05) is 23.5 Å². The molecule has 190 valence electrons. The molecule has 0 spiro atoms. The van der Waals surface area contributed by atoms with Crippen LogP contribution in [0.1, 0.15) is 0 Å². The van der Waals surface area contributed by atoms with Crippen LogP contribution in [0.5, 0.6) is 11.5 Å². The molecule has 6 heteroatoms. The first kappa shape index (κ1) is 22.9. The zero-order valence-corrected chi connectivity index (χ0v) is 21.4. The maximum absolute atomic E-state index is 6.50. The molecular weight excluding hydrogens is 484 g/mol. The Morgan fingerprint density at radius 3 is 2.44 bits per heavy atom. The Kier molecular flexibility index (Phi) is 5.63. The molecule has 1 aliphatic heterocycles. The molecule has 0 saturated heterocycles. The normalized spacial score (nSPS) is 12.9. The van der Waals surface area contributed by atoms with E-state index in [0.717, 1.165) is 57.2 Å². The lowest BCUT2D eigenvalue weighted by Gasteiger charge is -2.25. The molecule has 0 radical (unpaired) electrons. The topological polar surface area (TPSA) is 45.0 Å². The molecule has 2 aromatic heterocycles. The van der Waals surface area contributed by atoms with Gasteiger partial charge in [0.25, 0.3) is 0 Å². The molecule has 3 heterocycles. The number of benzene rings is 4. The Labute approximate surface area is 226 Å². The van der Waals surface area contributed by atoms with Gasteiger partial charge in [0, 0.05) is 60.6 Å². The summed E-state index contributed by atoms with van der Waals surface area (Å²) in [6.07, 6.45) is 5.94. The van der Waals surface area contributed by atoms with Crippen LogP contribution in [0.2, 0.25) is 0 Å². The van der Waals surface area contributed by atoms with Crippen molar-refractivity contribution in [2.24, 2.45) is 0 Å². The van der Waals surface area contributed by atoms with Gasteiger partial charge in [0.1, 0.15) is 28.5 Å². The maximum atomic E-state index is 6.50. The van der Waals surface area contributed by atoms with Crippen LogP contribution in [0.4, 0.5) is 22.9 Å². The van der Waals surface area contributed by atoms with Gasteiger partial charge >= 0.3 is 0 Å². The Balaban J connectivity index is 1.40. The minimum atomic E-state index is 0.680. The van der Waals surface area contributed by atoms with E-state index < -0.39 is 0 Å². The van der Waals surface area contributed by atoms with Crippen LogP contribution >= 0.6 is 0 Å². The van der Waals surface area contributed by atoms with Crippen molar-refractivity contribution in [1.29, 1.82) is 0 Å². The zero-order valence-electron chi connectivity index (χ0n) is 21.4. The third-order valence-corrected chi connectivity index (χ3v) is 6.83. The van der Waals surface area contributed by atoms with Crippen molar-refractivity contribution in [3.63, 3.8) is 0 Å². The number of ether oxygens (including phenoxy) is 1. The first-order chi connectivity index (χ1) is 19.2. The molecule has 0 bridgehead atoms. The van der Waals surface area contributed by atoms with Gasteiger partial charge in [-0.05, 0) is 42.5 Å². The Hall–Kier alpha value is -5.23. The second-order valence-corrected chi connectivity index (χ2v) is 9.54. The minimum Gasteiger partial charge on any atom is -0.457 e. The summed E-state index contributed by atoms with van der Waals surface area (Å²) in [4.78, 5) is 11.2. The minimum absolute atomic E-state index is 0.680. The summed E-state index contributed by atoms with van der Waals surface area (Å²) in [6.45, 7) is 0.800. The molecular formula is C33H26N4O2. The summed E-state index contributed by atoms with van der Waals surface area (Å²) in [6, 6.07) is 36.5. The number of hydrogen-bond acceptors (Lipinski definition) is 6. The van der Waals surface area contributed by atoms with Crippen LogP contribution in [0.3, 0.4) is 0 Å². The lowest BCUT2D eigenvalue weighted by atomic mass is 10.1. The number of fused-ring (bicyclic) bond motifs is 3. The number of aromatic nitrogens is 1. The summed E-state index contributed by atoms with van der Waals surface area (Å²) in [7, 11) is 2.06. The number of pyridine rings is 1. The van der Waals surface area contributed by atoms with Gasteiger partial charge in [0.2, 0.25) is 0 Å². The first-order valence-electron chi connectivity index (χ1n) is 12.9. The van der Waals surface area contributed by atoms with Gasteiger partial charge in [-0.1, -0.05) is 48.5 Å². The summed E-state index contributed by atoms with van der Waals surface area (Å²) in [5.41, 5.74) is 4.56. The molecule has 4 aromatic carbocycles. The van der Waals surface area contributed by atoms with Crippen molar-refractivity contribution in [1.82, 2.24) is 9.88 Å². The van der Waals surface area contributed by atoms with Crippen molar-refractivity contribution in [3.05, 3.63) is 128 Å². The predicted molar refractivity (Wildman–Crippen MR) is 157 cm³/mol. The van der Waals surface area contributed by atoms with E-state index in [1.54, 1.807) is 0 Å². The largest absolute Gasteiger partial charge is 0.457 e. The van der Waals surface area contributed by atoms with Crippen LogP contribution < -0.4 is 14.5 Å². The SMILES string of the molecule is CN1C=CN(c2cccc(Oc3cc(N(c4ccccc4)c4ccccn4)c4c(c3)oc3ccccc34)c2)C1. The molecule has 0 saturated carbocycles. The fraction of sp³-hybridized carbons (Fsp3) is 0.0606. The summed E-state index contributed by atoms with van der Waals surface area (Å²) < 4.78 is 12.9. The van der Waals surface area contributed by atoms with Crippen LogP contribution in [0.15, 0.2) is 132 Å². The van der Waals surface area contributed by atoms with Crippen LogP contribution in [-0.2, 0) is 0 Å². The zero-order chi connectivity index (χ0) is 26.2. The fourth-order valence-corrected chi connectivity index (χ4v) is 5.06. The molecule has 6 aromatic rings. The van der Waals surface area contributed by atoms with Crippen LogP contribution in [-0.4, -0.2) is 23.6 Å². The quantitative estimate of drug-likeness (QED) is 0.224. The molecule has 0 atom stereocenters. The number of para-hydroxylation sites is 2. The molecule has 39 heavy (non-hydrogen) atoms. The van der Waals surface area contributed by atoms with Gasteiger partial charge in [-0.3, -0.25) is 4.90 Å². The van der Waals surface area contributed by atoms with Crippen molar-refractivity contribution in [2.45, 2.75) is 0 Å². The molecule has 6 nitrogen and oxygen atoms in total. The van der Waals surface area contributed by atoms with Crippen molar-refractivity contribution < 1.29 is 9.15 Å². The van der Waals surface area contributed by atoms with E-state index in [1.165, 1.54) is 0 Å². The maximum Gasteiger partial charge on any atom is 0.141 e. The lowest BCUT2D eigenvalue weighted by molar-refractivity contribution is 0.480. The van der Waals surface area contributed by atoms with Gasteiger partial charge < -0.3 is 19.0 Å². The van der Waals surface area contributed by atoms with E-state index in [0.29, 0.717) is 5.75 Å². The van der Waals surface area contributed by atoms with E-state index in [9.17, 15) is 0 Å². The van der Waals surface area contributed by atoms with Crippen molar-refractivity contribution in [3.8, 4) is 11.5 Å². The highest BCUT2D eigenvalue weighted by Gasteiger charge is 2.22. The monoisotopic (exact) mass is 510 g/mol. The summed E-state index contributed by atoms with van der Waals surface area (Å²) in [5, 5.41) is 2.05. The number of rotatable bonds is 6. The van der Waals surface area contributed by atoms with Crippen LogP contribution in [0, 0.1) is 0 Å². The third kappa shape index (κ3) is 4.32. The molecule has 0 unspecified atom stereocenters. The lowest BCUT2D eigenvalue weighted by Crippen LogP contribution is -2.21. The van der Waals surface area contributed by atoms with Gasteiger partial charge in [-0.25, -0.2) is 4.98 Å². The number of anilines is 4. The van der Waals surface area contributed by atoms with Crippen LogP contribution in [0.25, 0.3) is 21.9 Å². The fourth-order valence-electron chi connectivity index (χ4n) is 5.06. The number of nitrogens with zero attached hydrogens (tertiary/aromatic N) is 4. The van der Waals surface area contributed by atoms with Gasteiger partial charge in [-0.15, -0.1) is 0 Å². The highest BCUT2D eigenvalue weighted by atomic mass is 16.5. The number of hydrogen-bond donors (Lipinski definition) is 0. The van der Waals surface area contributed by atoms with Crippen molar-refractivity contribution >= 4 is 44.8 Å². The average Bonchev–Trinajstić information content (AvgIpc) is 3.58. The van der Waals surface area contributed by atoms with E-state index in [4.69, 9.17) is 14.1 Å². The highest BCUT2D eigenvalue weighted by molar-refractivity contribution is 6.13. The first-order valence-corrected chi connectivity index (χ1v) is 12.9. The van der Waals surface area contributed by atoms with Gasteiger partial charge in [-0.2, -0.15) is 0 Å². The van der Waals surface area contributed by atoms with E-state index in [1.807, 2.05) is 79.0 Å². The molecule has 0 aliphatic carbocycles. The average molecular weight is 511 g/mol.